The number of ether oxygens (including phenoxy) is 1. The predicted molar refractivity (Wildman–Crippen MR) is 98.9 cm³/mol. The molecule has 1 N–H and O–H groups in total. The lowest BCUT2D eigenvalue weighted by Gasteiger charge is -2.40. The van der Waals surface area contributed by atoms with Crippen LogP contribution in [0.1, 0.15) is 21.9 Å². The van der Waals surface area contributed by atoms with Gasteiger partial charge in [-0.3, -0.25) is 10.1 Å². The molecule has 2 aromatic rings. The molecule has 0 aromatic carbocycles. The zero-order valence-corrected chi connectivity index (χ0v) is 16.0. The van der Waals surface area contributed by atoms with E-state index in [1.807, 2.05) is 12.3 Å². The Bertz CT molecular complexity index is 830. The first-order valence-electron chi connectivity index (χ1n) is 8.17. The number of urea groups is 1. The van der Waals surface area contributed by atoms with Crippen molar-refractivity contribution in [3.8, 4) is 5.75 Å². The second-order valence-electron chi connectivity index (χ2n) is 6.40. The number of hydrogen-bond donors (Lipinski definition) is 1. The molecule has 26 heavy (non-hydrogen) atoms. The van der Waals surface area contributed by atoms with Gasteiger partial charge in [0.1, 0.15) is 17.5 Å². The van der Waals surface area contributed by atoms with Crippen LogP contribution in [0.25, 0.3) is 0 Å². The lowest BCUT2D eigenvalue weighted by molar-refractivity contribution is 0.0355. The number of anilines is 1. The number of aromatic nitrogens is 2. The van der Waals surface area contributed by atoms with E-state index in [0.717, 1.165) is 5.69 Å². The molecule has 9 heteroatoms. The summed E-state index contributed by atoms with van der Waals surface area (Å²) in [5, 5.41) is 5.14. The highest BCUT2D eigenvalue weighted by Crippen LogP contribution is 2.22. The van der Waals surface area contributed by atoms with Crippen LogP contribution in [0.3, 0.4) is 0 Å². The molecule has 3 heterocycles. The maximum absolute atomic E-state index is 12.4. The number of aryl methyl sites for hydroxylation is 2. The molecule has 0 atom stereocenters. The Morgan fingerprint density at radius 3 is 2.58 bits per heavy atom. The van der Waals surface area contributed by atoms with Gasteiger partial charge in [0.25, 0.3) is 5.91 Å². The van der Waals surface area contributed by atoms with Gasteiger partial charge >= 0.3 is 6.03 Å². The second-order valence-corrected chi connectivity index (χ2v) is 7.26. The normalized spacial score (nSPS) is 13.9. The van der Waals surface area contributed by atoms with Gasteiger partial charge in [-0.1, -0.05) is 0 Å². The molecule has 0 spiro atoms. The number of likely N-dealkylation sites (tertiary alicyclic amines) is 1. The zero-order valence-electron chi connectivity index (χ0n) is 15.1. The van der Waals surface area contributed by atoms with Crippen molar-refractivity contribution in [1.82, 2.24) is 19.8 Å². The summed E-state index contributed by atoms with van der Waals surface area (Å²) in [4.78, 5) is 35.9. The minimum absolute atomic E-state index is 0.0328. The monoisotopic (exact) mass is 375 g/mol. The maximum Gasteiger partial charge on any atom is 0.319 e. The Balaban J connectivity index is 1.63. The van der Waals surface area contributed by atoms with Gasteiger partial charge in [0.05, 0.1) is 18.8 Å². The van der Waals surface area contributed by atoms with E-state index in [1.54, 1.807) is 38.1 Å². The standard InChI is InChI=1S/C17H21N5O3S/c1-10-5-12(25-13-7-22(8-13)17(24)21(3)4)6-14(18-10)15(23)20-16-19-11(2)9-26-16/h5-6,9,13H,7-8H2,1-4H3,(H,19,20,23). The van der Waals surface area contributed by atoms with E-state index in [9.17, 15) is 9.59 Å². The third kappa shape index (κ3) is 4.10. The fourth-order valence-corrected chi connectivity index (χ4v) is 3.22. The third-order valence-electron chi connectivity index (χ3n) is 3.80. The minimum atomic E-state index is -0.328. The van der Waals surface area contributed by atoms with Crippen molar-refractivity contribution < 1.29 is 14.3 Å². The number of carbonyl (C=O) groups excluding carboxylic acids is 2. The van der Waals surface area contributed by atoms with Crippen LogP contribution in [0.5, 0.6) is 5.75 Å². The minimum Gasteiger partial charge on any atom is -0.487 e. The molecular formula is C17H21N5O3S. The van der Waals surface area contributed by atoms with Crippen LogP contribution in [0.4, 0.5) is 9.93 Å². The first kappa shape index (κ1) is 18.1. The molecule has 2 aromatic heterocycles. The van der Waals surface area contributed by atoms with Crippen molar-refractivity contribution in [2.45, 2.75) is 20.0 Å². The van der Waals surface area contributed by atoms with Crippen molar-refractivity contribution in [2.75, 3.05) is 32.5 Å². The highest BCUT2D eigenvalue weighted by Gasteiger charge is 2.33. The summed E-state index contributed by atoms with van der Waals surface area (Å²) in [5.74, 6) is 0.242. The third-order valence-corrected chi connectivity index (χ3v) is 4.68. The predicted octanol–water partition coefficient (Wildman–Crippen LogP) is 2.15. The van der Waals surface area contributed by atoms with Gasteiger partial charge < -0.3 is 14.5 Å². The fourth-order valence-electron chi connectivity index (χ4n) is 2.54. The summed E-state index contributed by atoms with van der Waals surface area (Å²) in [6.07, 6.45) is -0.0850. The number of hydrogen-bond acceptors (Lipinski definition) is 6. The number of amides is 3. The number of nitrogens with zero attached hydrogens (tertiary/aromatic N) is 4. The number of pyridine rings is 1. The number of carbonyl (C=O) groups is 2. The highest BCUT2D eigenvalue weighted by molar-refractivity contribution is 7.13. The highest BCUT2D eigenvalue weighted by atomic mass is 32.1. The van der Waals surface area contributed by atoms with E-state index in [2.05, 4.69) is 15.3 Å². The summed E-state index contributed by atoms with van der Waals surface area (Å²) >= 11 is 1.37. The van der Waals surface area contributed by atoms with E-state index in [0.29, 0.717) is 29.7 Å². The lowest BCUT2D eigenvalue weighted by Crippen LogP contribution is -2.58. The Labute approximate surface area is 155 Å². The average Bonchev–Trinajstić information content (AvgIpc) is 2.94. The van der Waals surface area contributed by atoms with E-state index in [1.165, 1.54) is 16.2 Å². The van der Waals surface area contributed by atoms with Crippen LogP contribution in [-0.2, 0) is 0 Å². The molecule has 0 unspecified atom stereocenters. The van der Waals surface area contributed by atoms with Crippen LogP contribution in [-0.4, -0.2) is 65.0 Å². The number of thiazole rings is 1. The average molecular weight is 375 g/mol. The molecule has 0 saturated carbocycles. The molecule has 1 fully saturated rings. The van der Waals surface area contributed by atoms with E-state index in [4.69, 9.17) is 4.74 Å². The van der Waals surface area contributed by atoms with Crippen molar-refractivity contribution in [1.29, 1.82) is 0 Å². The molecule has 1 aliphatic heterocycles. The Morgan fingerprint density at radius 2 is 1.96 bits per heavy atom. The van der Waals surface area contributed by atoms with Crippen LogP contribution in [0.15, 0.2) is 17.5 Å². The molecule has 8 nitrogen and oxygen atoms in total. The van der Waals surface area contributed by atoms with E-state index < -0.39 is 0 Å². The van der Waals surface area contributed by atoms with Crippen LogP contribution >= 0.6 is 11.3 Å². The summed E-state index contributed by atoms with van der Waals surface area (Å²) in [6, 6.07) is 3.36. The molecule has 1 aliphatic rings. The largest absolute Gasteiger partial charge is 0.487 e. The van der Waals surface area contributed by atoms with Crippen molar-refractivity contribution in [3.63, 3.8) is 0 Å². The first-order valence-corrected chi connectivity index (χ1v) is 9.05. The maximum atomic E-state index is 12.4. The van der Waals surface area contributed by atoms with Gasteiger partial charge in [-0.15, -0.1) is 11.3 Å². The SMILES string of the molecule is Cc1cc(OC2CN(C(=O)N(C)C)C2)cc(C(=O)Nc2nc(C)cs2)n1. The van der Waals surface area contributed by atoms with E-state index >= 15 is 0 Å². The van der Waals surface area contributed by atoms with Gasteiger partial charge in [0, 0.05) is 37.3 Å². The Morgan fingerprint density at radius 1 is 1.23 bits per heavy atom. The zero-order chi connectivity index (χ0) is 18.8. The molecule has 0 aliphatic carbocycles. The van der Waals surface area contributed by atoms with Gasteiger partial charge in [0.15, 0.2) is 5.13 Å². The Hall–Kier alpha value is -2.68. The molecule has 0 radical (unpaired) electrons. The van der Waals surface area contributed by atoms with Gasteiger partial charge in [-0.2, -0.15) is 0 Å². The quantitative estimate of drug-likeness (QED) is 0.885. The molecule has 0 bridgehead atoms. The lowest BCUT2D eigenvalue weighted by atomic mass is 10.2. The summed E-state index contributed by atoms with van der Waals surface area (Å²) in [7, 11) is 3.44. The van der Waals surface area contributed by atoms with Crippen LogP contribution in [0.2, 0.25) is 0 Å². The van der Waals surface area contributed by atoms with Crippen LogP contribution in [0, 0.1) is 13.8 Å². The van der Waals surface area contributed by atoms with Crippen LogP contribution < -0.4 is 10.1 Å². The van der Waals surface area contributed by atoms with Crippen molar-refractivity contribution >= 4 is 28.4 Å². The summed E-state index contributed by atoms with van der Waals surface area (Å²) in [6.45, 7) is 4.72. The van der Waals surface area contributed by atoms with Crippen molar-refractivity contribution in [2.24, 2.45) is 0 Å². The molecule has 3 amide bonds. The molecule has 3 rings (SSSR count). The van der Waals surface area contributed by atoms with E-state index in [-0.39, 0.29) is 23.7 Å². The van der Waals surface area contributed by atoms with Crippen molar-refractivity contribution in [3.05, 3.63) is 34.6 Å². The topological polar surface area (TPSA) is 87.7 Å². The summed E-state index contributed by atoms with van der Waals surface area (Å²) in [5.41, 5.74) is 1.81. The smallest absolute Gasteiger partial charge is 0.319 e. The molecule has 138 valence electrons. The fraction of sp³-hybridized carbons (Fsp3) is 0.412. The Kier molecular flexibility index (Phi) is 5.08. The number of nitrogens with one attached hydrogen (secondary N) is 1. The number of rotatable bonds is 4. The molecule has 1 saturated heterocycles. The second kappa shape index (κ2) is 7.28. The van der Waals surface area contributed by atoms with Gasteiger partial charge in [0.2, 0.25) is 0 Å². The van der Waals surface area contributed by atoms with Gasteiger partial charge in [-0.25, -0.2) is 14.8 Å². The van der Waals surface area contributed by atoms with Gasteiger partial charge in [-0.05, 0) is 13.8 Å². The molecular weight excluding hydrogens is 354 g/mol. The first-order chi connectivity index (χ1) is 12.3. The summed E-state index contributed by atoms with van der Waals surface area (Å²) < 4.78 is 5.89.